The van der Waals surface area contributed by atoms with Gasteiger partial charge in [-0.3, -0.25) is 9.10 Å². The first-order valence-corrected chi connectivity index (χ1v) is 12.8. The Kier molecular flexibility index (Phi) is 8.44. The van der Waals surface area contributed by atoms with E-state index in [1.807, 2.05) is 0 Å². The number of hydrogen-bond acceptors (Lipinski definition) is 7. The average Bonchev–Trinajstić information content (AvgIpc) is 2.86. The van der Waals surface area contributed by atoms with Gasteiger partial charge in [-0.1, -0.05) is 29.8 Å². The molecule has 0 saturated heterocycles. The summed E-state index contributed by atoms with van der Waals surface area (Å²) in [4.78, 5) is 25.2. The van der Waals surface area contributed by atoms with Crippen LogP contribution in [-0.2, 0) is 21.3 Å². The molecule has 0 radical (unpaired) electrons. The number of hydrogen-bond donors (Lipinski definition) is 1. The van der Waals surface area contributed by atoms with Gasteiger partial charge in [0, 0.05) is 22.7 Å². The van der Waals surface area contributed by atoms with Gasteiger partial charge < -0.3 is 19.5 Å². The molecule has 0 bridgehead atoms. The maximum absolute atomic E-state index is 12.9. The molecule has 0 heterocycles. The number of anilines is 2. The van der Waals surface area contributed by atoms with Crippen LogP contribution >= 0.6 is 11.6 Å². The number of esters is 1. The molecular formula is C25H25ClN2O7S. The van der Waals surface area contributed by atoms with Crippen molar-refractivity contribution in [3.05, 3.63) is 82.4 Å². The zero-order valence-corrected chi connectivity index (χ0v) is 21.6. The molecule has 0 fully saturated rings. The molecule has 0 spiro atoms. The van der Waals surface area contributed by atoms with Gasteiger partial charge in [0.25, 0.3) is 5.91 Å². The average molecular weight is 533 g/mol. The highest BCUT2D eigenvalue weighted by Crippen LogP contribution is 2.34. The highest BCUT2D eigenvalue weighted by atomic mass is 35.5. The quantitative estimate of drug-likeness (QED) is 0.407. The second-order valence-electron chi connectivity index (χ2n) is 7.64. The normalized spacial score (nSPS) is 10.9. The number of methoxy groups -OCH3 is 3. The van der Waals surface area contributed by atoms with Crippen LogP contribution in [-0.4, -0.2) is 47.9 Å². The number of carbonyl (C=O) groups excluding carboxylic acids is 2. The Morgan fingerprint density at radius 3 is 2.14 bits per heavy atom. The third kappa shape index (κ3) is 6.27. The van der Waals surface area contributed by atoms with Crippen molar-refractivity contribution < 1.29 is 32.2 Å². The molecule has 9 nitrogen and oxygen atoms in total. The number of carbonyl (C=O) groups is 2. The predicted octanol–water partition coefficient (Wildman–Crippen LogP) is 4.36. The fourth-order valence-electron chi connectivity index (χ4n) is 3.41. The van der Waals surface area contributed by atoms with E-state index in [2.05, 4.69) is 5.32 Å². The van der Waals surface area contributed by atoms with E-state index >= 15 is 0 Å². The van der Waals surface area contributed by atoms with Gasteiger partial charge in [-0.05, 0) is 35.9 Å². The highest BCUT2D eigenvalue weighted by Gasteiger charge is 2.21. The summed E-state index contributed by atoms with van der Waals surface area (Å²) >= 11 is 6.03. The van der Waals surface area contributed by atoms with E-state index in [1.165, 1.54) is 37.8 Å². The molecule has 3 rings (SSSR count). The summed E-state index contributed by atoms with van der Waals surface area (Å²) in [7, 11) is 0.491. The van der Waals surface area contributed by atoms with Gasteiger partial charge in [-0.15, -0.1) is 0 Å². The number of benzene rings is 3. The smallest absolute Gasteiger partial charge is 0.340 e. The minimum Gasteiger partial charge on any atom is -0.493 e. The summed E-state index contributed by atoms with van der Waals surface area (Å²) in [5.41, 5.74) is 1.63. The van der Waals surface area contributed by atoms with Gasteiger partial charge in [0.15, 0.2) is 11.5 Å². The van der Waals surface area contributed by atoms with Crippen molar-refractivity contribution in [2.75, 3.05) is 37.2 Å². The Hall–Kier alpha value is -3.76. The van der Waals surface area contributed by atoms with Crippen LogP contribution < -0.4 is 19.1 Å². The largest absolute Gasteiger partial charge is 0.493 e. The summed E-state index contributed by atoms with van der Waals surface area (Å²) in [6.07, 6.45) is 1.11. The third-order valence-corrected chi connectivity index (χ3v) is 6.59. The molecule has 0 aromatic heterocycles. The molecule has 3 aromatic carbocycles. The molecule has 0 atom stereocenters. The van der Waals surface area contributed by atoms with Crippen LogP contribution in [0.2, 0.25) is 5.02 Å². The number of amides is 1. The molecular weight excluding hydrogens is 508 g/mol. The lowest BCUT2D eigenvalue weighted by Gasteiger charge is -2.23. The Balaban J connectivity index is 1.85. The van der Waals surface area contributed by atoms with Crippen molar-refractivity contribution in [1.82, 2.24) is 0 Å². The van der Waals surface area contributed by atoms with Crippen LogP contribution in [0.1, 0.15) is 26.3 Å². The van der Waals surface area contributed by atoms with Crippen molar-refractivity contribution in [3.8, 4) is 11.5 Å². The number of nitrogens with zero attached hydrogens (tertiary/aromatic N) is 1. The predicted molar refractivity (Wildman–Crippen MR) is 138 cm³/mol. The molecule has 0 aliphatic carbocycles. The first kappa shape index (κ1) is 26.8. The standard InChI is InChI=1S/C25H25ClN2O7S/c1-33-22-13-20(25(30)35-3)21(14-23(22)34-2)27-24(29)17-10-8-16(9-11-17)15-28(36(4,31)32)19-7-5-6-18(26)12-19/h5-14H,15H2,1-4H3,(H,27,29). The lowest BCUT2D eigenvalue weighted by Crippen LogP contribution is -2.29. The van der Waals surface area contributed by atoms with E-state index in [9.17, 15) is 18.0 Å². The third-order valence-electron chi connectivity index (χ3n) is 5.22. The minimum absolute atomic E-state index is 0.0449. The van der Waals surface area contributed by atoms with Gasteiger partial charge in [-0.25, -0.2) is 13.2 Å². The molecule has 0 unspecified atom stereocenters. The van der Waals surface area contributed by atoms with Crippen LogP contribution in [0, 0.1) is 0 Å². The second kappa shape index (κ2) is 11.3. The molecule has 190 valence electrons. The van der Waals surface area contributed by atoms with E-state index in [0.717, 1.165) is 6.26 Å². The number of rotatable bonds is 9. The summed E-state index contributed by atoms with van der Waals surface area (Å²) in [5, 5.41) is 3.10. The summed E-state index contributed by atoms with van der Waals surface area (Å²) in [6, 6.07) is 15.8. The number of halogens is 1. The van der Waals surface area contributed by atoms with Crippen LogP contribution in [0.3, 0.4) is 0 Å². The number of ether oxygens (including phenoxy) is 3. The van der Waals surface area contributed by atoms with Crippen LogP contribution in [0.25, 0.3) is 0 Å². The number of nitrogens with one attached hydrogen (secondary N) is 1. The molecule has 1 N–H and O–H groups in total. The molecule has 0 aliphatic rings. The summed E-state index contributed by atoms with van der Waals surface area (Å²) < 4.78 is 41.3. The van der Waals surface area contributed by atoms with E-state index in [1.54, 1.807) is 48.5 Å². The van der Waals surface area contributed by atoms with Crippen molar-refractivity contribution in [2.45, 2.75) is 6.54 Å². The maximum atomic E-state index is 12.9. The van der Waals surface area contributed by atoms with Crippen LogP contribution in [0.4, 0.5) is 11.4 Å². The summed E-state index contributed by atoms with van der Waals surface area (Å²) in [6.45, 7) is 0.0449. The van der Waals surface area contributed by atoms with Gasteiger partial charge in [-0.2, -0.15) is 0 Å². The van der Waals surface area contributed by atoms with E-state index in [-0.39, 0.29) is 23.4 Å². The van der Waals surface area contributed by atoms with Crippen LogP contribution in [0.5, 0.6) is 11.5 Å². The molecule has 3 aromatic rings. The van der Waals surface area contributed by atoms with E-state index < -0.39 is 21.9 Å². The Morgan fingerprint density at radius 1 is 0.944 bits per heavy atom. The molecule has 36 heavy (non-hydrogen) atoms. The first-order valence-electron chi connectivity index (χ1n) is 10.5. The first-order chi connectivity index (χ1) is 17.1. The zero-order chi connectivity index (χ0) is 26.5. The van der Waals surface area contributed by atoms with E-state index in [4.69, 9.17) is 25.8 Å². The number of sulfonamides is 1. The van der Waals surface area contributed by atoms with Crippen molar-refractivity contribution in [3.63, 3.8) is 0 Å². The monoisotopic (exact) mass is 532 g/mol. The Labute approximate surface area is 214 Å². The van der Waals surface area contributed by atoms with Crippen LogP contribution in [0.15, 0.2) is 60.7 Å². The molecule has 0 saturated carbocycles. The van der Waals surface area contributed by atoms with Gasteiger partial charge in [0.1, 0.15) is 0 Å². The van der Waals surface area contributed by atoms with Crippen molar-refractivity contribution in [2.24, 2.45) is 0 Å². The topological polar surface area (TPSA) is 111 Å². The Bertz CT molecular complexity index is 1380. The highest BCUT2D eigenvalue weighted by molar-refractivity contribution is 7.92. The molecule has 1 amide bonds. The van der Waals surface area contributed by atoms with Crippen molar-refractivity contribution in [1.29, 1.82) is 0 Å². The zero-order valence-electron chi connectivity index (χ0n) is 20.1. The lowest BCUT2D eigenvalue weighted by molar-refractivity contribution is 0.0601. The second-order valence-corrected chi connectivity index (χ2v) is 9.99. The minimum atomic E-state index is -3.60. The fraction of sp³-hybridized carbons (Fsp3) is 0.200. The van der Waals surface area contributed by atoms with E-state index in [0.29, 0.717) is 27.8 Å². The Morgan fingerprint density at radius 2 is 1.58 bits per heavy atom. The SMILES string of the molecule is COC(=O)c1cc(OC)c(OC)cc1NC(=O)c1ccc(CN(c2cccc(Cl)c2)S(C)(=O)=O)cc1. The maximum Gasteiger partial charge on any atom is 0.340 e. The molecule has 0 aliphatic heterocycles. The summed E-state index contributed by atoms with van der Waals surface area (Å²) in [5.74, 6) is -0.537. The van der Waals surface area contributed by atoms with Gasteiger partial charge in [0.05, 0.1) is 51.1 Å². The lowest BCUT2D eigenvalue weighted by atomic mass is 10.1. The fourth-order valence-corrected chi connectivity index (χ4v) is 4.48. The molecule has 11 heteroatoms. The van der Waals surface area contributed by atoms with Gasteiger partial charge in [0.2, 0.25) is 10.0 Å². The van der Waals surface area contributed by atoms with Crippen molar-refractivity contribution >= 4 is 44.9 Å². The van der Waals surface area contributed by atoms with Gasteiger partial charge >= 0.3 is 5.97 Å².